The first kappa shape index (κ1) is 17.1. The van der Waals surface area contributed by atoms with Crippen LogP contribution in [0.1, 0.15) is 28.8 Å². The van der Waals surface area contributed by atoms with Crippen molar-refractivity contribution < 1.29 is 14.1 Å². The minimum absolute atomic E-state index is 0.0124. The van der Waals surface area contributed by atoms with Gasteiger partial charge in [-0.15, -0.1) is 0 Å². The number of nitro groups is 1. The number of hydrogen-bond donors (Lipinski definition) is 0. The first-order chi connectivity index (χ1) is 12.0. The molecule has 25 heavy (non-hydrogen) atoms. The molecule has 0 atom stereocenters. The Hall–Kier alpha value is -2.76. The van der Waals surface area contributed by atoms with Gasteiger partial charge in [0.05, 0.1) is 4.92 Å². The Balaban J connectivity index is 1.72. The molecule has 0 radical (unpaired) electrons. The van der Waals surface area contributed by atoms with Crippen LogP contribution >= 0.6 is 0 Å². The number of carbonyl (C=O) groups is 1. The number of hydrogen-bond acceptors (Lipinski definition) is 4. The number of halogens is 1. The second-order valence-electron chi connectivity index (χ2n) is 6.38. The SMILES string of the molecule is Cc1ccc([N+](=O)[O-])c(N2CCC(C(=O)c3ccc(F)cc3)CC2)c1. The molecule has 1 saturated heterocycles. The van der Waals surface area contributed by atoms with E-state index in [1.165, 1.54) is 30.3 Å². The minimum atomic E-state index is -0.371. The molecule has 1 fully saturated rings. The van der Waals surface area contributed by atoms with Crippen molar-refractivity contribution in [2.24, 2.45) is 5.92 Å². The second-order valence-corrected chi connectivity index (χ2v) is 6.38. The summed E-state index contributed by atoms with van der Waals surface area (Å²) < 4.78 is 13.0. The molecule has 0 N–H and O–H groups in total. The van der Waals surface area contributed by atoms with Crippen molar-refractivity contribution in [2.75, 3.05) is 18.0 Å². The third kappa shape index (κ3) is 3.68. The maximum atomic E-state index is 13.0. The number of ketones is 1. The van der Waals surface area contributed by atoms with Gasteiger partial charge < -0.3 is 4.90 Å². The van der Waals surface area contributed by atoms with E-state index in [2.05, 4.69) is 0 Å². The van der Waals surface area contributed by atoms with Crippen molar-refractivity contribution in [3.63, 3.8) is 0 Å². The van der Waals surface area contributed by atoms with Crippen LogP contribution in [-0.2, 0) is 0 Å². The molecule has 0 saturated carbocycles. The summed E-state index contributed by atoms with van der Waals surface area (Å²) in [6.07, 6.45) is 1.25. The third-order valence-corrected chi connectivity index (χ3v) is 4.66. The van der Waals surface area contributed by atoms with E-state index in [0.717, 1.165) is 5.56 Å². The molecule has 130 valence electrons. The van der Waals surface area contributed by atoms with Crippen LogP contribution in [0.3, 0.4) is 0 Å². The number of carbonyl (C=O) groups excluding carboxylic acids is 1. The van der Waals surface area contributed by atoms with Crippen molar-refractivity contribution in [2.45, 2.75) is 19.8 Å². The lowest BCUT2D eigenvalue weighted by Crippen LogP contribution is -2.36. The summed E-state index contributed by atoms with van der Waals surface area (Å²) in [6, 6.07) is 10.7. The Morgan fingerprint density at radius 1 is 1.16 bits per heavy atom. The van der Waals surface area contributed by atoms with Crippen molar-refractivity contribution >= 4 is 17.2 Å². The Kier molecular flexibility index (Phi) is 4.79. The molecule has 5 nitrogen and oxygen atoms in total. The quantitative estimate of drug-likeness (QED) is 0.476. The maximum Gasteiger partial charge on any atom is 0.292 e. The Bertz CT molecular complexity index is 797. The fourth-order valence-electron chi connectivity index (χ4n) is 3.27. The van der Waals surface area contributed by atoms with E-state index in [1.807, 2.05) is 17.9 Å². The van der Waals surface area contributed by atoms with Gasteiger partial charge in [0.2, 0.25) is 0 Å². The molecule has 0 aliphatic carbocycles. The molecule has 1 aliphatic heterocycles. The fourth-order valence-corrected chi connectivity index (χ4v) is 3.27. The summed E-state index contributed by atoms with van der Waals surface area (Å²) in [7, 11) is 0. The van der Waals surface area contributed by atoms with Crippen molar-refractivity contribution in [1.29, 1.82) is 0 Å². The summed E-state index contributed by atoms with van der Waals surface area (Å²) in [4.78, 5) is 25.4. The highest BCUT2D eigenvalue weighted by atomic mass is 19.1. The van der Waals surface area contributed by atoms with Gasteiger partial charge in [-0.3, -0.25) is 14.9 Å². The zero-order valence-electron chi connectivity index (χ0n) is 13.9. The van der Waals surface area contributed by atoms with Gasteiger partial charge in [0.25, 0.3) is 5.69 Å². The topological polar surface area (TPSA) is 63.5 Å². The van der Waals surface area contributed by atoms with E-state index in [0.29, 0.717) is 37.2 Å². The predicted octanol–water partition coefficient (Wildman–Crippen LogP) is 4.14. The van der Waals surface area contributed by atoms with Gasteiger partial charge in [0, 0.05) is 30.6 Å². The molecule has 1 aliphatic rings. The van der Waals surface area contributed by atoms with Crippen LogP contribution in [0.5, 0.6) is 0 Å². The molecular formula is C19H19FN2O3. The first-order valence-corrected chi connectivity index (χ1v) is 8.25. The van der Waals surface area contributed by atoms with Gasteiger partial charge >= 0.3 is 0 Å². The molecular weight excluding hydrogens is 323 g/mol. The summed E-state index contributed by atoms with van der Waals surface area (Å²) in [5.74, 6) is -0.484. The molecule has 2 aromatic rings. The Morgan fingerprint density at radius 3 is 2.40 bits per heavy atom. The zero-order valence-corrected chi connectivity index (χ0v) is 13.9. The van der Waals surface area contributed by atoms with E-state index >= 15 is 0 Å². The minimum Gasteiger partial charge on any atom is -0.366 e. The summed E-state index contributed by atoms with van der Waals surface area (Å²) in [6.45, 7) is 3.07. The van der Waals surface area contributed by atoms with Crippen LogP contribution in [0.4, 0.5) is 15.8 Å². The number of nitro benzene ring substituents is 1. The second kappa shape index (κ2) is 7.01. The number of Topliss-reactive ketones (excluding diaryl/α,β-unsaturated/α-hetero) is 1. The van der Waals surface area contributed by atoms with Crippen LogP contribution in [0.2, 0.25) is 0 Å². The van der Waals surface area contributed by atoms with Crippen LogP contribution in [0.15, 0.2) is 42.5 Å². The van der Waals surface area contributed by atoms with Crippen molar-refractivity contribution in [3.05, 3.63) is 69.5 Å². The molecule has 6 heteroatoms. The Labute approximate surface area is 145 Å². The highest BCUT2D eigenvalue weighted by molar-refractivity contribution is 5.98. The molecule has 0 bridgehead atoms. The number of piperidine rings is 1. The molecule has 2 aromatic carbocycles. The number of nitrogens with zero attached hydrogens (tertiary/aromatic N) is 2. The number of benzene rings is 2. The van der Waals surface area contributed by atoms with Crippen molar-refractivity contribution in [1.82, 2.24) is 0 Å². The van der Waals surface area contributed by atoms with Crippen LogP contribution in [0, 0.1) is 28.8 Å². The standard InChI is InChI=1S/C19H19FN2O3/c1-13-2-7-17(22(24)25)18(12-13)21-10-8-15(9-11-21)19(23)14-3-5-16(20)6-4-14/h2-7,12,15H,8-11H2,1H3. The lowest BCUT2D eigenvalue weighted by atomic mass is 9.88. The molecule has 0 unspecified atom stereocenters. The summed E-state index contributed by atoms with van der Waals surface area (Å²) in [5.41, 5.74) is 2.18. The van der Waals surface area contributed by atoms with Gasteiger partial charge in [0.1, 0.15) is 11.5 Å². The van der Waals surface area contributed by atoms with Crippen LogP contribution in [-0.4, -0.2) is 23.8 Å². The van der Waals surface area contributed by atoms with Gasteiger partial charge in [-0.2, -0.15) is 0 Å². The smallest absolute Gasteiger partial charge is 0.292 e. The van der Waals surface area contributed by atoms with Crippen LogP contribution < -0.4 is 4.90 Å². The summed E-state index contributed by atoms with van der Waals surface area (Å²) in [5, 5.41) is 11.3. The van der Waals surface area contributed by atoms with Gasteiger partial charge in [-0.1, -0.05) is 6.07 Å². The monoisotopic (exact) mass is 342 g/mol. The lowest BCUT2D eigenvalue weighted by Gasteiger charge is -2.32. The molecule has 0 aromatic heterocycles. The number of rotatable bonds is 4. The van der Waals surface area contributed by atoms with E-state index in [4.69, 9.17) is 0 Å². The zero-order chi connectivity index (χ0) is 18.0. The largest absolute Gasteiger partial charge is 0.366 e. The van der Waals surface area contributed by atoms with E-state index in [9.17, 15) is 19.3 Å². The molecule has 0 amide bonds. The maximum absolute atomic E-state index is 13.0. The third-order valence-electron chi connectivity index (χ3n) is 4.66. The van der Waals surface area contributed by atoms with E-state index in [-0.39, 0.29) is 28.1 Å². The van der Waals surface area contributed by atoms with E-state index in [1.54, 1.807) is 6.07 Å². The Morgan fingerprint density at radius 2 is 1.80 bits per heavy atom. The van der Waals surface area contributed by atoms with Crippen molar-refractivity contribution in [3.8, 4) is 0 Å². The fraction of sp³-hybridized carbons (Fsp3) is 0.316. The predicted molar refractivity (Wildman–Crippen MR) is 93.5 cm³/mol. The number of aryl methyl sites for hydroxylation is 1. The van der Waals surface area contributed by atoms with Gasteiger partial charge in [0.15, 0.2) is 5.78 Å². The van der Waals surface area contributed by atoms with Gasteiger partial charge in [-0.05, 0) is 55.7 Å². The van der Waals surface area contributed by atoms with Gasteiger partial charge in [-0.25, -0.2) is 4.39 Å². The lowest BCUT2D eigenvalue weighted by molar-refractivity contribution is -0.384. The molecule has 1 heterocycles. The normalized spacial score (nSPS) is 15.2. The first-order valence-electron chi connectivity index (χ1n) is 8.25. The molecule has 0 spiro atoms. The average Bonchev–Trinajstić information content (AvgIpc) is 2.61. The highest BCUT2D eigenvalue weighted by Gasteiger charge is 2.28. The summed E-state index contributed by atoms with van der Waals surface area (Å²) >= 11 is 0. The van der Waals surface area contributed by atoms with E-state index < -0.39 is 0 Å². The van der Waals surface area contributed by atoms with Crippen LogP contribution in [0.25, 0.3) is 0 Å². The highest BCUT2D eigenvalue weighted by Crippen LogP contribution is 2.33. The number of anilines is 1. The molecule has 3 rings (SSSR count). The average molecular weight is 342 g/mol.